The van der Waals surface area contributed by atoms with Crippen molar-refractivity contribution in [2.24, 2.45) is 0 Å². The Hall–Kier alpha value is -0.920. The van der Waals surface area contributed by atoms with Gasteiger partial charge in [0, 0.05) is 6.42 Å². The summed E-state index contributed by atoms with van der Waals surface area (Å²) in [4.78, 5) is 32.3. The fourth-order valence-electron chi connectivity index (χ4n) is 1.05. The Balaban J connectivity index is 4.16. The van der Waals surface area contributed by atoms with Crippen LogP contribution in [0.1, 0.15) is 19.3 Å². The van der Waals surface area contributed by atoms with Crippen LogP contribution in [0.4, 0.5) is 4.79 Å². The van der Waals surface area contributed by atoms with Gasteiger partial charge in [0.15, 0.2) is 0 Å². The van der Waals surface area contributed by atoms with E-state index in [0.717, 1.165) is 0 Å². The normalized spacial score (nSPS) is 12.6. The maximum Gasteiger partial charge on any atom is 0.407 e. The molecule has 1 atom stereocenters. The van der Waals surface area contributed by atoms with Crippen molar-refractivity contribution in [3.8, 4) is 0 Å². The molecule has 0 aliphatic heterocycles. The lowest BCUT2D eigenvalue weighted by atomic mass is 10.1. The van der Waals surface area contributed by atoms with Crippen LogP contribution < -0.4 is 5.32 Å². The third-order valence-corrected chi connectivity index (χ3v) is 2.17. The lowest BCUT2D eigenvalue weighted by Gasteiger charge is -2.16. The van der Waals surface area contributed by atoms with Crippen LogP contribution in [0.5, 0.6) is 0 Å². The molecule has 19 heavy (non-hydrogen) atoms. The average Bonchev–Trinajstić information content (AvgIpc) is 2.23. The minimum atomic E-state index is -1.79. The Morgan fingerprint density at radius 3 is 2.21 bits per heavy atom. The molecule has 0 bridgehead atoms. The maximum absolute atomic E-state index is 11.2. The molecule has 0 aromatic heterocycles. The van der Waals surface area contributed by atoms with Crippen LogP contribution >= 0.6 is 34.8 Å². The van der Waals surface area contributed by atoms with Crippen LogP contribution in [0.2, 0.25) is 0 Å². The lowest BCUT2D eigenvalue weighted by Crippen LogP contribution is -2.41. The zero-order chi connectivity index (χ0) is 15.1. The second kappa shape index (κ2) is 8.29. The first-order valence-electron chi connectivity index (χ1n) is 5.06. The molecule has 110 valence electrons. The van der Waals surface area contributed by atoms with E-state index in [0.29, 0.717) is 0 Å². The number of carboxylic acids is 2. The van der Waals surface area contributed by atoms with E-state index >= 15 is 0 Å². The summed E-state index contributed by atoms with van der Waals surface area (Å²) >= 11 is 16.0. The van der Waals surface area contributed by atoms with Gasteiger partial charge < -0.3 is 20.3 Å². The van der Waals surface area contributed by atoms with Gasteiger partial charge in [0.1, 0.15) is 12.6 Å². The highest BCUT2D eigenvalue weighted by atomic mass is 35.6. The molecule has 0 aliphatic rings. The molecular formula is C9H12Cl3NO6. The monoisotopic (exact) mass is 335 g/mol. The molecule has 0 saturated carbocycles. The van der Waals surface area contributed by atoms with Crippen LogP contribution in [0.3, 0.4) is 0 Å². The first-order chi connectivity index (χ1) is 8.61. The number of rotatable bonds is 7. The maximum atomic E-state index is 11.2. The summed E-state index contributed by atoms with van der Waals surface area (Å²) in [6.45, 7) is -0.537. The molecule has 0 aliphatic carbocycles. The minimum Gasteiger partial charge on any atom is -0.481 e. The molecule has 3 N–H and O–H groups in total. The number of ether oxygens (including phenoxy) is 1. The number of hydrogen-bond donors (Lipinski definition) is 3. The van der Waals surface area contributed by atoms with Crippen LogP contribution in [0.15, 0.2) is 0 Å². The van der Waals surface area contributed by atoms with Crippen molar-refractivity contribution in [2.45, 2.75) is 29.1 Å². The summed E-state index contributed by atoms with van der Waals surface area (Å²) in [7, 11) is 0. The minimum absolute atomic E-state index is 0.0511. The van der Waals surface area contributed by atoms with Gasteiger partial charge in [-0.15, -0.1) is 0 Å². The van der Waals surface area contributed by atoms with E-state index in [1.165, 1.54) is 0 Å². The van der Waals surface area contributed by atoms with Gasteiger partial charge in [0.05, 0.1) is 0 Å². The van der Waals surface area contributed by atoms with Crippen molar-refractivity contribution in [1.82, 2.24) is 5.32 Å². The summed E-state index contributed by atoms with van der Waals surface area (Å²) in [6, 6.07) is -1.26. The number of carbonyl (C=O) groups excluding carboxylic acids is 1. The first-order valence-corrected chi connectivity index (χ1v) is 6.20. The van der Waals surface area contributed by atoms with E-state index in [4.69, 9.17) is 45.0 Å². The van der Waals surface area contributed by atoms with Gasteiger partial charge in [0.2, 0.25) is 3.79 Å². The smallest absolute Gasteiger partial charge is 0.407 e. The number of aliphatic carboxylic acids is 2. The summed E-state index contributed by atoms with van der Waals surface area (Å²) in [6.07, 6.45) is -1.22. The van der Waals surface area contributed by atoms with Gasteiger partial charge in [-0.05, 0) is 12.8 Å². The van der Waals surface area contributed by atoms with Crippen LogP contribution in [0, 0.1) is 0 Å². The summed E-state index contributed by atoms with van der Waals surface area (Å²) in [5.41, 5.74) is 0. The fourth-order valence-corrected chi connectivity index (χ4v) is 1.21. The molecule has 10 heteroatoms. The van der Waals surface area contributed by atoms with Crippen LogP contribution in [-0.4, -0.2) is 44.7 Å². The molecule has 0 unspecified atom stereocenters. The van der Waals surface area contributed by atoms with Crippen molar-refractivity contribution in [3.05, 3.63) is 0 Å². The van der Waals surface area contributed by atoms with Gasteiger partial charge >= 0.3 is 18.0 Å². The van der Waals surface area contributed by atoms with Crippen molar-refractivity contribution in [2.75, 3.05) is 6.61 Å². The number of carbonyl (C=O) groups is 3. The Morgan fingerprint density at radius 1 is 1.21 bits per heavy atom. The Morgan fingerprint density at radius 2 is 1.79 bits per heavy atom. The molecule has 7 nitrogen and oxygen atoms in total. The van der Waals surface area contributed by atoms with Gasteiger partial charge in [-0.1, -0.05) is 34.8 Å². The topological polar surface area (TPSA) is 113 Å². The van der Waals surface area contributed by atoms with Gasteiger partial charge in [-0.2, -0.15) is 0 Å². The van der Waals surface area contributed by atoms with Crippen molar-refractivity contribution >= 4 is 52.8 Å². The van der Waals surface area contributed by atoms with E-state index in [9.17, 15) is 14.4 Å². The van der Waals surface area contributed by atoms with E-state index in [-0.39, 0.29) is 19.3 Å². The molecule has 0 heterocycles. The molecular weight excluding hydrogens is 324 g/mol. The number of alkyl halides is 3. The molecule has 0 fully saturated rings. The fraction of sp³-hybridized carbons (Fsp3) is 0.667. The molecule has 0 aromatic rings. The van der Waals surface area contributed by atoms with Crippen molar-refractivity contribution in [1.29, 1.82) is 0 Å². The Labute approximate surface area is 123 Å². The number of hydrogen-bond acceptors (Lipinski definition) is 4. The second-order valence-electron chi connectivity index (χ2n) is 3.51. The second-order valence-corrected chi connectivity index (χ2v) is 6.03. The highest BCUT2D eigenvalue weighted by Crippen LogP contribution is 2.25. The lowest BCUT2D eigenvalue weighted by molar-refractivity contribution is -0.141. The van der Waals surface area contributed by atoms with E-state index in [2.05, 4.69) is 4.74 Å². The zero-order valence-electron chi connectivity index (χ0n) is 9.57. The third kappa shape index (κ3) is 10.7. The largest absolute Gasteiger partial charge is 0.481 e. The van der Waals surface area contributed by atoms with E-state index < -0.39 is 34.5 Å². The Kier molecular flexibility index (Phi) is 7.89. The van der Waals surface area contributed by atoms with Gasteiger partial charge in [-0.25, -0.2) is 9.59 Å². The number of halogens is 3. The molecule has 0 saturated heterocycles. The molecule has 0 aromatic carbocycles. The zero-order valence-corrected chi connectivity index (χ0v) is 11.8. The molecule has 0 rings (SSSR count). The SMILES string of the molecule is O=C(O)CCC[C@@H](NC(=O)OCC(Cl)(Cl)Cl)C(=O)O. The quantitative estimate of drug-likeness (QED) is 0.611. The average molecular weight is 337 g/mol. The number of alkyl carbamates (subject to hydrolysis) is 1. The summed E-state index contributed by atoms with van der Waals surface area (Å²) < 4.78 is 2.70. The van der Waals surface area contributed by atoms with Crippen LogP contribution in [0.25, 0.3) is 0 Å². The molecule has 0 radical (unpaired) electrons. The number of carboxylic acid groups (broad SMARTS) is 2. The van der Waals surface area contributed by atoms with Gasteiger partial charge in [0.25, 0.3) is 0 Å². The molecule has 1 amide bonds. The van der Waals surface area contributed by atoms with Gasteiger partial charge in [-0.3, -0.25) is 4.79 Å². The van der Waals surface area contributed by atoms with E-state index in [1.54, 1.807) is 0 Å². The highest BCUT2D eigenvalue weighted by Gasteiger charge is 2.25. The molecule has 0 spiro atoms. The van der Waals surface area contributed by atoms with E-state index in [1.807, 2.05) is 5.32 Å². The predicted molar refractivity (Wildman–Crippen MR) is 67.7 cm³/mol. The predicted octanol–water partition coefficient (Wildman–Crippen LogP) is 1.79. The van der Waals surface area contributed by atoms with Crippen molar-refractivity contribution in [3.63, 3.8) is 0 Å². The van der Waals surface area contributed by atoms with Crippen LogP contribution in [-0.2, 0) is 14.3 Å². The standard InChI is InChI=1S/C9H12Cl3NO6/c10-9(11,12)4-19-8(18)13-5(7(16)17)2-1-3-6(14)15/h5H,1-4H2,(H,13,18)(H,14,15)(H,16,17)/t5-/m1/s1. The third-order valence-electron chi connectivity index (χ3n) is 1.84. The number of amides is 1. The number of nitrogens with one attached hydrogen (secondary N) is 1. The first kappa shape index (κ1) is 18.1. The summed E-state index contributed by atoms with van der Waals surface area (Å²) in [5, 5.41) is 19.3. The summed E-state index contributed by atoms with van der Waals surface area (Å²) in [5.74, 6) is -2.36. The Bertz CT molecular complexity index is 343. The van der Waals surface area contributed by atoms with Crippen molar-refractivity contribution < 1.29 is 29.3 Å². The highest BCUT2D eigenvalue weighted by molar-refractivity contribution is 6.67.